The topological polar surface area (TPSA) is 99.9 Å². The standard InChI is InChI=1S/C10H11N5O/c1-16-7-3-2-4-13-9(7)6-5-8(11)15-10(12)14-6/h2-5H,1H3,(H4,11,12,14,15). The van der Waals surface area contributed by atoms with Gasteiger partial charge in [0.25, 0.3) is 0 Å². The van der Waals surface area contributed by atoms with E-state index in [1.165, 1.54) is 0 Å². The van der Waals surface area contributed by atoms with Crippen LogP contribution in [0.1, 0.15) is 0 Å². The highest BCUT2D eigenvalue weighted by Gasteiger charge is 2.09. The van der Waals surface area contributed by atoms with Crippen LogP contribution in [0.5, 0.6) is 5.75 Å². The van der Waals surface area contributed by atoms with E-state index in [2.05, 4.69) is 15.0 Å². The fourth-order valence-electron chi connectivity index (χ4n) is 1.35. The van der Waals surface area contributed by atoms with Crippen molar-refractivity contribution in [1.82, 2.24) is 15.0 Å². The van der Waals surface area contributed by atoms with Gasteiger partial charge in [0.2, 0.25) is 5.95 Å². The first-order valence-electron chi connectivity index (χ1n) is 4.60. The third-order valence-corrected chi connectivity index (χ3v) is 2.00. The Morgan fingerprint density at radius 3 is 2.75 bits per heavy atom. The minimum Gasteiger partial charge on any atom is -0.494 e. The molecule has 0 saturated heterocycles. The SMILES string of the molecule is COc1cccnc1-c1cc(N)nc(N)n1. The molecule has 0 radical (unpaired) electrons. The smallest absolute Gasteiger partial charge is 0.222 e. The van der Waals surface area contributed by atoms with Crippen molar-refractivity contribution in [2.24, 2.45) is 0 Å². The van der Waals surface area contributed by atoms with Crippen LogP contribution in [0.3, 0.4) is 0 Å². The van der Waals surface area contributed by atoms with Crippen molar-refractivity contribution in [3.8, 4) is 17.1 Å². The Morgan fingerprint density at radius 2 is 2.06 bits per heavy atom. The molecule has 2 aromatic rings. The van der Waals surface area contributed by atoms with Gasteiger partial charge in [-0.1, -0.05) is 0 Å². The van der Waals surface area contributed by atoms with Crippen LogP contribution in [0.2, 0.25) is 0 Å². The predicted octanol–water partition coefficient (Wildman–Crippen LogP) is 0.712. The van der Waals surface area contributed by atoms with Crippen LogP contribution in [0, 0.1) is 0 Å². The molecule has 2 heterocycles. The molecule has 0 unspecified atom stereocenters. The van der Waals surface area contributed by atoms with Crippen LogP contribution in [0.15, 0.2) is 24.4 Å². The maximum Gasteiger partial charge on any atom is 0.222 e. The van der Waals surface area contributed by atoms with Crippen molar-refractivity contribution in [3.05, 3.63) is 24.4 Å². The van der Waals surface area contributed by atoms with E-state index in [0.717, 1.165) is 0 Å². The average molecular weight is 217 g/mol. The summed E-state index contributed by atoms with van der Waals surface area (Å²) in [5.74, 6) is 1.03. The third kappa shape index (κ3) is 1.85. The molecule has 0 aromatic carbocycles. The minimum atomic E-state index is 0.114. The second-order valence-electron chi connectivity index (χ2n) is 3.09. The first kappa shape index (κ1) is 10.2. The molecule has 0 atom stereocenters. The average Bonchev–Trinajstić information content (AvgIpc) is 2.27. The van der Waals surface area contributed by atoms with Gasteiger partial charge in [-0.15, -0.1) is 0 Å². The van der Waals surface area contributed by atoms with Gasteiger partial charge in [-0.05, 0) is 12.1 Å². The Hall–Kier alpha value is -2.37. The Labute approximate surface area is 92.3 Å². The van der Waals surface area contributed by atoms with E-state index >= 15 is 0 Å². The summed E-state index contributed by atoms with van der Waals surface area (Å²) in [5, 5.41) is 0. The number of rotatable bonds is 2. The van der Waals surface area contributed by atoms with Crippen LogP contribution in [0.4, 0.5) is 11.8 Å². The summed E-state index contributed by atoms with van der Waals surface area (Å²) in [5.41, 5.74) is 12.2. The first-order chi connectivity index (χ1) is 7.70. The van der Waals surface area contributed by atoms with Crippen molar-refractivity contribution in [1.29, 1.82) is 0 Å². The number of methoxy groups -OCH3 is 1. The largest absolute Gasteiger partial charge is 0.494 e. The zero-order valence-corrected chi connectivity index (χ0v) is 8.71. The van der Waals surface area contributed by atoms with Gasteiger partial charge in [0.1, 0.15) is 23.0 Å². The van der Waals surface area contributed by atoms with Gasteiger partial charge in [-0.3, -0.25) is 4.98 Å². The van der Waals surface area contributed by atoms with E-state index in [0.29, 0.717) is 23.0 Å². The second-order valence-corrected chi connectivity index (χ2v) is 3.09. The summed E-state index contributed by atoms with van der Waals surface area (Å²) in [7, 11) is 1.56. The lowest BCUT2D eigenvalue weighted by Gasteiger charge is -2.06. The molecule has 0 aliphatic carbocycles. The number of ether oxygens (including phenoxy) is 1. The zero-order chi connectivity index (χ0) is 11.5. The number of nitrogen functional groups attached to an aromatic ring is 2. The molecule has 0 spiro atoms. The molecule has 0 aliphatic rings. The Balaban J connectivity index is 2.58. The molecule has 0 amide bonds. The molecular formula is C10H11N5O. The summed E-state index contributed by atoms with van der Waals surface area (Å²) in [6, 6.07) is 5.16. The van der Waals surface area contributed by atoms with E-state index in [1.807, 2.05) is 0 Å². The van der Waals surface area contributed by atoms with Crippen LogP contribution >= 0.6 is 0 Å². The fourth-order valence-corrected chi connectivity index (χ4v) is 1.35. The number of hydrogen-bond donors (Lipinski definition) is 2. The monoisotopic (exact) mass is 217 g/mol. The van der Waals surface area contributed by atoms with Crippen LogP contribution in [-0.2, 0) is 0 Å². The van der Waals surface area contributed by atoms with Crippen molar-refractivity contribution in [2.45, 2.75) is 0 Å². The van der Waals surface area contributed by atoms with Gasteiger partial charge < -0.3 is 16.2 Å². The molecular weight excluding hydrogens is 206 g/mol. The summed E-state index contributed by atoms with van der Waals surface area (Å²) in [4.78, 5) is 12.0. The molecule has 0 fully saturated rings. The molecule has 16 heavy (non-hydrogen) atoms. The number of aromatic nitrogens is 3. The van der Waals surface area contributed by atoms with Gasteiger partial charge in [0, 0.05) is 12.3 Å². The molecule has 2 rings (SSSR count). The number of hydrogen-bond acceptors (Lipinski definition) is 6. The lowest BCUT2D eigenvalue weighted by molar-refractivity contribution is 0.414. The van der Waals surface area contributed by atoms with E-state index < -0.39 is 0 Å². The van der Waals surface area contributed by atoms with Crippen LogP contribution in [-0.4, -0.2) is 22.1 Å². The number of anilines is 2. The highest BCUT2D eigenvalue weighted by Crippen LogP contribution is 2.26. The lowest BCUT2D eigenvalue weighted by Crippen LogP contribution is -2.02. The molecule has 6 heteroatoms. The van der Waals surface area contributed by atoms with Crippen molar-refractivity contribution in [3.63, 3.8) is 0 Å². The lowest BCUT2D eigenvalue weighted by atomic mass is 10.2. The van der Waals surface area contributed by atoms with Crippen molar-refractivity contribution >= 4 is 11.8 Å². The van der Waals surface area contributed by atoms with Gasteiger partial charge in [0.05, 0.1) is 7.11 Å². The Morgan fingerprint density at radius 1 is 1.25 bits per heavy atom. The third-order valence-electron chi connectivity index (χ3n) is 2.00. The Bertz CT molecular complexity index is 494. The fraction of sp³-hybridized carbons (Fsp3) is 0.100. The zero-order valence-electron chi connectivity index (χ0n) is 8.71. The molecule has 82 valence electrons. The molecule has 0 saturated carbocycles. The minimum absolute atomic E-state index is 0.114. The summed E-state index contributed by atoms with van der Waals surface area (Å²) in [6.07, 6.45) is 1.65. The predicted molar refractivity (Wildman–Crippen MR) is 60.6 cm³/mol. The maximum absolute atomic E-state index is 5.59. The Kier molecular flexibility index (Phi) is 2.55. The van der Waals surface area contributed by atoms with Gasteiger partial charge >= 0.3 is 0 Å². The van der Waals surface area contributed by atoms with Gasteiger partial charge in [0.15, 0.2) is 0 Å². The summed E-state index contributed by atoms with van der Waals surface area (Å²) >= 11 is 0. The summed E-state index contributed by atoms with van der Waals surface area (Å²) < 4.78 is 5.17. The van der Waals surface area contributed by atoms with E-state index in [9.17, 15) is 0 Å². The van der Waals surface area contributed by atoms with Crippen LogP contribution < -0.4 is 16.2 Å². The molecule has 2 aromatic heterocycles. The first-order valence-corrected chi connectivity index (χ1v) is 4.60. The van der Waals surface area contributed by atoms with Gasteiger partial charge in [-0.25, -0.2) is 4.98 Å². The number of nitrogens with two attached hydrogens (primary N) is 2. The molecule has 0 aliphatic heterocycles. The normalized spacial score (nSPS) is 10.1. The van der Waals surface area contributed by atoms with E-state index in [-0.39, 0.29) is 5.95 Å². The molecule has 6 nitrogen and oxygen atoms in total. The number of pyridine rings is 1. The number of nitrogens with zero attached hydrogens (tertiary/aromatic N) is 3. The quantitative estimate of drug-likeness (QED) is 0.768. The molecule has 0 bridgehead atoms. The van der Waals surface area contributed by atoms with E-state index in [4.69, 9.17) is 16.2 Å². The summed E-state index contributed by atoms with van der Waals surface area (Å²) in [6.45, 7) is 0. The molecule has 4 N–H and O–H groups in total. The highest BCUT2D eigenvalue weighted by atomic mass is 16.5. The highest BCUT2D eigenvalue weighted by molar-refractivity contribution is 5.65. The van der Waals surface area contributed by atoms with E-state index in [1.54, 1.807) is 31.5 Å². The maximum atomic E-state index is 5.59. The van der Waals surface area contributed by atoms with Crippen LogP contribution in [0.25, 0.3) is 11.4 Å². The van der Waals surface area contributed by atoms with Crippen molar-refractivity contribution < 1.29 is 4.74 Å². The second kappa shape index (κ2) is 4.01. The van der Waals surface area contributed by atoms with Gasteiger partial charge in [-0.2, -0.15) is 4.98 Å². The van der Waals surface area contributed by atoms with Crippen molar-refractivity contribution in [2.75, 3.05) is 18.6 Å².